The molecular weight excluding hydrogens is 332 g/mol. The molecule has 0 aliphatic heterocycles. The van der Waals surface area contributed by atoms with E-state index in [4.69, 9.17) is 4.52 Å². The molecule has 1 aromatic carbocycles. The lowest BCUT2D eigenvalue weighted by Gasteiger charge is -2.07. The number of aromatic nitrogens is 1. The van der Waals surface area contributed by atoms with Gasteiger partial charge in [-0.2, -0.15) is 0 Å². The van der Waals surface area contributed by atoms with Gasteiger partial charge in [0.25, 0.3) is 10.0 Å². The third-order valence-electron chi connectivity index (χ3n) is 3.34. The number of thiophene rings is 1. The van der Waals surface area contributed by atoms with Gasteiger partial charge in [-0.3, -0.25) is 4.72 Å². The summed E-state index contributed by atoms with van der Waals surface area (Å²) >= 11 is 1.37. The summed E-state index contributed by atoms with van der Waals surface area (Å²) in [5, 5.41) is 3.84. The highest BCUT2D eigenvalue weighted by atomic mass is 32.2. The monoisotopic (exact) mass is 348 g/mol. The van der Waals surface area contributed by atoms with Crippen molar-refractivity contribution in [3.05, 3.63) is 52.5 Å². The van der Waals surface area contributed by atoms with Crippen LogP contribution in [0.15, 0.2) is 45.8 Å². The van der Waals surface area contributed by atoms with Crippen LogP contribution >= 0.6 is 11.3 Å². The van der Waals surface area contributed by atoms with Gasteiger partial charge >= 0.3 is 0 Å². The van der Waals surface area contributed by atoms with Gasteiger partial charge in [0.2, 0.25) is 0 Å². The quantitative estimate of drug-likeness (QED) is 0.769. The summed E-state index contributed by atoms with van der Waals surface area (Å²) in [4.78, 5) is 1.70. The molecule has 0 amide bonds. The number of rotatable bonds is 4. The molecule has 0 saturated heterocycles. The molecule has 0 aliphatic carbocycles. The average molecular weight is 348 g/mol. The Balaban J connectivity index is 1.94. The summed E-state index contributed by atoms with van der Waals surface area (Å²) in [7, 11) is -3.64. The Morgan fingerprint density at radius 2 is 1.78 bits per heavy atom. The first-order chi connectivity index (χ1) is 10.8. The largest absolute Gasteiger partial charge is 0.355 e. The third kappa shape index (κ3) is 3.30. The lowest BCUT2D eigenvalue weighted by atomic mass is 10.2. The molecule has 120 valence electrons. The predicted octanol–water partition coefficient (Wildman–Crippen LogP) is 4.13. The van der Waals surface area contributed by atoms with Crippen molar-refractivity contribution in [2.24, 2.45) is 0 Å². The van der Waals surface area contributed by atoms with E-state index < -0.39 is 10.0 Å². The molecule has 0 aliphatic rings. The van der Waals surface area contributed by atoms with Gasteiger partial charge < -0.3 is 4.52 Å². The number of anilines is 1. The summed E-state index contributed by atoms with van der Waals surface area (Å²) in [6.07, 6.45) is 0. The maximum atomic E-state index is 12.6. The molecule has 2 heterocycles. The van der Waals surface area contributed by atoms with Crippen LogP contribution in [-0.2, 0) is 10.0 Å². The first-order valence-electron chi connectivity index (χ1n) is 6.99. The fourth-order valence-corrected chi connectivity index (χ4v) is 4.76. The zero-order chi connectivity index (χ0) is 16.6. The first kappa shape index (κ1) is 15.8. The maximum Gasteiger partial charge on any atom is 0.263 e. The predicted molar refractivity (Wildman–Crippen MR) is 91.3 cm³/mol. The third-order valence-corrected chi connectivity index (χ3v) is 6.04. The fourth-order valence-electron chi connectivity index (χ4n) is 2.17. The molecular formula is C16H16N2O3S2. The van der Waals surface area contributed by atoms with Gasteiger partial charge in [-0.25, -0.2) is 8.42 Å². The number of nitrogens with zero attached hydrogens (tertiary/aromatic N) is 1. The number of hydrogen-bond acceptors (Lipinski definition) is 5. The minimum atomic E-state index is -3.64. The van der Waals surface area contributed by atoms with Gasteiger partial charge in [-0.15, -0.1) is 11.3 Å². The average Bonchev–Trinajstić information content (AvgIpc) is 3.07. The van der Waals surface area contributed by atoms with E-state index in [-0.39, 0.29) is 4.90 Å². The van der Waals surface area contributed by atoms with Crippen LogP contribution in [0, 0.1) is 20.8 Å². The lowest BCUT2D eigenvalue weighted by molar-refractivity contribution is 0.428. The second-order valence-electron chi connectivity index (χ2n) is 5.34. The van der Waals surface area contributed by atoms with Crippen molar-refractivity contribution >= 4 is 27.0 Å². The van der Waals surface area contributed by atoms with Crippen LogP contribution in [0.3, 0.4) is 0 Å². The Bertz CT molecular complexity index is 938. The summed E-state index contributed by atoms with van der Waals surface area (Å²) in [5.74, 6) is 0.576. The van der Waals surface area contributed by atoms with Crippen molar-refractivity contribution < 1.29 is 12.9 Å². The van der Waals surface area contributed by atoms with Gasteiger partial charge in [0.15, 0.2) is 5.76 Å². The van der Waals surface area contributed by atoms with Crippen LogP contribution in [0.5, 0.6) is 0 Å². The Hall–Kier alpha value is -2.12. The van der Waals surface area contributed by atoms with Gasteiger partial charge in [0, 0.05) is 16.6 Å². The number of hydrogen-bond donors (Lipinski definition) is 1. The molecule has 0 atom stereocenters. The van der Waals surface area contributed by atoms with Crippen LogP contribution in [0.1, 0.15) is 16.1 Å². The Labute approximate surface area is 139 Å². The summed E-state index contributed by atoms with van der Waals surface area (Å²) in [5.41, 5.74) is 2.37. The topological polar surface area (TPSA) is 72.2 Å². The fraction of sp³-hybridized carbons (Fsp3) is 0.188. The summed E-state index contributed by atoms with van der Waals surface area (Å²) < 4.78 is 33.0. The van der Waals surface area contributed by atoms with Gasteiger partial charge in [0.1, 0.15) is 4.90 Å². The highest BCUT2D eigenvalue weighted by Gasteiger charge is 2.22. The zero-order valence-corrected chi connectivity index (χ0v) is 14.6. The molecule has 0 fully saturated rings. The normalized spacial score (nSPS) is 11.6. The number of benzene rings is 1. The van der Waals surface area contributed by atoms with Crippen molar-refractivity contribution in [2.45, 2.75) is 25.7 Å². The minimum Gasteiger partial charge on any atom is -0.355 e. The smallest absolute Gasteiger partial charge is 0.263 e. The summed E-state index contributed by atoms with van der Waals surface area (Å²) in [6.45, 7) is 5.55. The van der Waals surface area contributed by atoms with Crippen molar-refractivity contribution in [1.82, 2.24) is 5.16 Å². The molecule has 2 aromatic heterocycles. The van der Waals surface area contributed by atoms with E-state index in [1.54, 1.807) is 31.2 Å². The maximum absolute atomic E-state index is 12.6. The van der Waals surface area contributed by atoms with E-state index in [1.165, 1.54) is 11.3 Å². The van der Waals surface area contributed by atoms with Crippen LogP contribution < -0.4 is 4.72 Å². The van der Waals surface area contributed by atoms with Gasteiger partial charge in [-0.05, 0) is 39.0 Å². The minimum absolute atomic E-state index is 0.257. The van der Waals surface area contributed by atoms with E-state index in [0.717, 1.165) is 16.1 Å². The molecule has 0 radical (unpaired) electrons. The second kappa shape index (κ2) is 5.82. The Morgan fingerprint density at radius 3 is 2.39 bits per heavy atom. The van der Waals surface area contributed by atoms with E-state index in [1.807, 2.05) is 26.0 Å². The molecule has 1 N–H and O–H groups in total. The van der Waals surface area contributed by atoms with Crippen molar-refractivity contribution in [3.63, 3.8) is 0 Å². The number of sulfonamides is 1. The molecule has 0 unspecified atom stereocenters. The molecule has 3 aromatic rings. The molecule has 5 nitrogen and oxygen atoms in total. The summed E-state index contributed by atoms with van der Waals surface area (Å²) in [6, 6.07) is 10.6. The molecule has 0 spiro atoms. The first-order valence-corrected chi connectivity index (χ1v) is 9.29. The van der Waals surface area contributed by atoms with Crippen LogP contribution in [0.2, 0.25) is 0 Å². The Morgan fingerprint density at radius 1 is 1.09 bits per heavy atom. The van der Waals surface area contributed by atoms with Gasteiger partial charge in [0.05, 0.1) is 10.6 Å². The van der Waals surface area contributed by atoms with Crippen molar-refractivity contribution in [2.75, 3.05) is 4.72 Å². The van der Waals surface area contributed by atoms with E-state index >= 15 is 0 Å². The zero-order valence-electron chi connectivity index (χ0n) is 13.0. The van der Waals surface area contributed by atoms with Crippen molar-refractivity contribution in [1.29, 1.82) is 0 Å². The van der Waals surface area contributed by atoms with E-state index in [9.17, 15) is 8.42 Å². The highest BCUT2D eigenvalue weighted by Crippen LogP contribution is 2.34. The number of aryl methyl sites for hydroxylation is 3. The second-order valence-corrected chi connectivity index (χ2v) is 8.24. The molecule has 0 saturated carbocycles. The van der Waals surface area contributed by atoms with Crippen LogP contribution in [-0.4, -0.2) is 13.6 Å². The Kier molecular flexibility index (Phi) is 3.99. The highest BCUT2D eigenvalue weighted by molar-refractivity contribution is 7.93. The molecule has 23 heavy (non-hydrogen) atoms. The lowest BCUT2D eigenvalue weighted by Crippen LogP contribution is -2.13. The van der Waals surface area contributed by atoms with Crippen LogP contribution in [0.25, 0.3) is 10.6 Å². The SMILES string of the molecule is Cc1ccc(NS(=O)(=O)c2cc(-c3cc(C)no3)sc2C)cc1. The molecule has 3 rings (SSSR count). The molecule has 0 bridgehead atoms. The van der Waals surface area contributed by atoms with E-state index in [2.05, 4.69) is 9.88 Å². The van der Waals surface area contributed by atoms with Crippen LogP contribution in [0.4, 0.5) is 5.69 Å². The molecule has 7 heteroatoms. The van der Waals surface area contributed by atoms with Crippen molar-refractivity contribution in [3.8, 4) is 10.6 Å². The standard InChI is InChI=1S/C16H16N2O3S2/c1-10-4-6-13(7-5-10)18-23(19,20)16-9-15(22-12(16)3)14-8-11(2)17-21-14/h4-9,18H,1-3H3. The van der Waals surface area contributed by atoms with Gasteiger partial charge in [-0.1, -0.05) is 22.9 Å². The van der Waals surface area contributed by atoms with E-state index in [0.29, 0.717) is 16.3 Å². The number of nitrogens with one attached hydrogen (secondary N) is 1.